The van der Waals surface area contributed by atoms with Gasteiger partial charge in [-0.1, -0.05) is 0 Å². The predicted octanol–water partition coefficient (Wildman–Crippen LogP) is 2.25. The van der Waals surface area contributed by atoms with Crippen LogP contribution >= 0.6 is 15.9 Å². The van der Waals surface area contributed by atoms with Crippen molar-refractivity contribution in [3.05, 3.63) is 22.8 Å². The number of aromatic nitrogens is 3. The number of unbranched alkanes of at least 4 members (excludes halogenated alkanes) is 1. The van der Waals surface area contributed by atoms with Crippen LogP contribution in [0.3, 0.4) is 0 Å². The van der Waals surface area contributed by atoms with E-state index in [1.54, 1.807) is 4.52 Å². The van der Waals surface area contributed by atoms with E-state index >= 15 is 0 Å². The van der Waals surface area contributed by atoms with E-state index in [4.69, 9.17) is 0 Å². The van der Waals surface area contributed by atoms with E-state index in [2.05, 4.69) is 50.3 Å². The van der Waals surface area contributed by atoms with Gasteiger partial charge in [0.05, 0.1) is 0 Å². The average Bonchev–Trinajstić information content (AvgIpc) is 2.70. The highest BCUT2D eigenvalue weighted by Gasteiger charge is 2.02. The lowest BCUT2D eigenvalue weighted by Gasteiger charge is -2.08. The number of nitrogens with one attached hydrogen (secondary N) is 1. The van der Waals surface area contributed by atoms with E-state index < -0.39 is 0 Å². The zero-order valence-corrected chi connectivity index (χ0v) is 12.3. The molecule has 6 heteroatoms. The molecule has 0 saturated carbocycles. The van der Waals surface area contributed by atoms with Gasteiger partial charge in [-0.2, -0.15) is 4.98 Å². The molecule has 2 heterocycles. The molecule has 0 spiro atoms. The van der Waals surface area contributed by atoms with Crippen LogP contribution in [0.1, 0.15) is 12.8 Å². The monoisotopic (exact) mass is 311 g/mol. The van der Waals surface area contributed by atoms with Crippen LogP contribution in [0.5, 0.6) is 0 Å². The third kappa shape index (κ3) is 3.68. The van der Waals surface area contributed by atoms with E-state index in [0.29, 0.717) is 5.95 Å². The first-order valence-electron chi connectivity index (χ1n) is 6.06. The Kier molecular flexibility index (Phi) is 4.54. The Balaban J connectivity index is 1.84. The summed E-state index contributed by atoms with van der Waals surface area (Å²) in [5.41, 5.74) is 0.856. The second-order valence-electron chi connectivity index (χ2n) is 4.52. The molecule has 2 aromatic heterocycles. The van der Waals surface area contributed by atoms with E-state index in [0.717, 1.165) is 29.6 Å². The summed E-state index contributed by atoms with van der Waals surface area (Å²) in [5, 5.41) is 7.61. The number of halogens is 1. The zero-order valence-electron chi connectivity index (χ0n) is 10.7. The summed E-state index contributed by atoms with van der Waals surface area (Å²) < 4.78 is 2.77. The van der Waals surface area contributed by atoms with Crippen LogP contribution in [0.2, 0.25) is 0 Å². The van der Waals surface area contributed by atoms with Crippen LogP contribution < -0.4 is 5.32 Å². The maximum absolute atomic E-state index is 4.40. The summed E-state index contributed by atoms with van der Waals surface area (Å²) in [7, 11) is 4.18. The van der Waals surface area contributed by atoms with Crippen LogP contribution in [-0.4, -0.2) is 46.7 Å². The van der Waals surface area contributed by atoms with Crippen molar-refractivity contribution in [2.45, 2.75) is 12.8 Å². The zero-order chi connectivity index (χ0) is 13.0. The summed E-state index contributed by atoms with van der Waals surface area (Å²) in [6, 6.07) is 3.90. The summed E-state index contributed by atoms with van der Waals surface area (Å²) in [4.78, 5) is 6.59. The molecule has 0 fully saturated rings. The molecule has 0 aliphatic rings. The molecule has 0 aliphatic heterocycles. The summed E-state index contributed by atoms with van der Waals surface area (Å²) in [6.07, 6.45) is 4.20. The number of hydrogen-bond donors (Lipinski definition) is 1. The highest BCUT2D eigenvalue weighted by Crippen LogP contribution is 2.12. The second kappa shape index (κ2) is 6.15. The molecule has 0 atom stereocenters. The Morgan fingerprint density at radius 3 is 2.94 bits per heavy atom. The van der Waals surface area contributed by atoms with Gasteiger partial charge in [-0.3, -0.25) is 0 Å². The molecule has 0 saturated heterocycles. The van der Waals surface area contributed by atoms with Gasteiger partial charge in [0, 0.05) is 17.2 Å². The standard InChI is InChI=1S/C12H18BrN5/c1-17(2)8-4-3-7-14-12-15-11-6-5-10(13)9-18(11)16-12/h5-6,9H,3-4,7-8H2,1-2H3,(H,14,16). The lowest BCUT2D eigenvalue weighted by Crippen LogP contribution is -2.14. The van der Waals surface area contributed by atoms with Gasteiger partial charge >= 0.3 is 0 Å². The van der Waals surface area contributed by atoms with Gasteiger partial charge in [0.15, 0.2) is 5.65 Å². The van der Waals surface area contributed by atoms with Gasteiger partial charge < -0.3 is 10.2 Å². The van der Waals surface area contributed by atoms with E-state index in [-0.39, 0.29) is 0 Å². The highest BCUT2D eigenvalue weighted by atomic mass is 79.9. The second-order valence-corrected chi connectivity index (χ2v) is 5.44. The lowest BCUT2D eigenvalue weighted by molar-refractivity contribution is 0.396. The summed E-state index contributed by atoms with van der Waals surface area (Å²) in [5.74, 6) is 0.693. The molecule has 0 radical (unpaired) electrons. The first-order chi connectivity index (χ1) is 8.65. The quantitative estimate of drug-likeness (QED) is 0.831. The third-order valence-electron chi connectivity index (χ3n) is 2.61. The number of nitrogens with zero attached hydrogens (tertiary/aromatic N) is 4. The van der Waals surface area contributed by atoms with Crippen LogP contribution in [0.15, 0.2) is 22.8 Å². The minimum atomic E-state index is 0.693. The predicted molar refractivity (Wildman–Crippen MR) is 77.0 cm³/mol. The average molecular weight is 312 g/mol. The van der Waals surface area contributed by atoms with Gasteiger partial charge in [0.2, 0.25) is 5.95 Å². The maximum Gasteiger partial charge on any atom is 0.243 e. The Morgan fingerprint density at radius 1 is 1.33 bits per heavy atom. The van der Waals surface area contributed by atoms with Gasteiger partial charge in [-0.05, 0) is 61.5 Å². The molecule has 98 valence electrons. The largest absolute Gasteiger partial charge is 0.353 e. The van der Waals surface area contributed by atoms with Crippen molar-refractivity contribution in [3.63, 3.8) is 0 Å². The fourth-order valence-corrected chi connectivity index (χ4v) is 2.01. The third-order valence-corrected chi connectivity index (χ3v) is 3.08. The van der Waals surface area contributed by atoms with Crippen molar-refractivity contribution in [1.82, 2.24) is 19.5 Å². The Labute approximate surface area is 115 Å². The van der Waals surface area contributed by atoms with Crippen LogP contribution in [0.4, 0.5) is 5.95 Å². The lowest BCUT2D eigenvalue weighted by atomic mass is 10.3. The maximum atomic E-state index is 4.40. The van der Waals surface area contributed by atoms with Crippen molar-refractivity contribution in [3.8, 4) is 0 Å². The van der Waals surface area contributed by atoms with Crippen molar-refractivity contribution >= 4 is 27.5 Å². The Hall–Kier alpha value is -1.14. The van der Waals surface area contributed by atoms with Gasteiger partial charge in [0.1, 0.15) is 0 Å². The molecule has 0 aromatic carbocycles. The van der Waals surface area contributed by atoms with Gasteiger partial charge in [0.25, 0.3) is 0 Å². The SMILES string of the molecule is CN(C)CCCCNc1nc2ccc(Br)cn2n1. The summed E-state index contributed by atoms with van der Waals surface area (Å²) >= 11 is 3.41. The van der Waals surface area contributed by atoms with Crippen molar-refractivity contribution in [1.29, 1.82) is 0 Å². The molecule has 0 unspecified atom stereocenters. The minimum Gasteiger partial charge on any atom is -0.353 e. The topological polar surface area (TPSA) is 45.5 Å². The van der Waals surface area contributed by atoms with E-state index in [1.807, 2.05) is 18.3 Å². The van der Waals surface area contributed by atoms with E-state index in [1.165, 1.54) is 6.42 Å². The Morgan fingerprint density at radius 2 is 2.17 bits per heavy atom. The van der Waals surface area contributed by atoms with Gasteiger partial charge in [-0.15, -0.1) is 5.10 Å². The molecule has 5 nitrogen and oxygen atoms in total. The molecule has 0 bridgehead atoms. The molecular formula is C12H18BrN5. The molecule has 1 N–H and O–H groups in total. The van der Waals surface area contributed by atoms with Crippen LogP contribution in [0.25, 0.3) is 5.65 Å². The van der Waals surface area contributed by atoms with Crippen LogP contribution in [0, 0.1) is 0 Å². The number of pyridine rings is 1. The molecule has 0 aliphatic carbocycles. The molecular weight excluding hydrogens is 294 g/mol. The normalized spacial score (nSPS) is 11.3. The Bertz CT molecular complexity index is 508. The molecule has 0 amide bonds. The van der Waals surface area contributed by atoms with Crippen molar-refractivity contribution in [2.75, 3.05) is 32.5 Å². The highest BCUT2D eigenvalue weighted by molar-refractivity contribution is 9.10. The molecule has 2 aromatic rings. The van der Waals surface area contributed by atoms with Crippen LogP contribution in [-0.2, 0) is 0 Å². The fourth-order valence-electron chi connectivity index (χ4n) is 1.69. The van der Waals surface area contributed by atoms with Crippen molar-refractivity contribution in [2.24, 2.45) is 0 Å². The first-order valence-corrected chi connectivity index (χ1v) is 6.85. The number of rotatable bonds is 6. The molecule has 2 rings (SSSR count). The number of hydrogen-bond acceptors (Lipinski definition) is 4. The fraction of sp³-hybridized carbons (Fsp3) is 0.500. The van der Waals surface area contributed by atoms with E-state index in [9.17, 15) is 0 Å². The number of anilines is 1. The molecule has 18 heavy (non-hydrogen) atoms. The van der Waals surface area contributed by atoms with Crippen molar-refractivity contribution < 1.29 is 0 Å². The minimum absolute atomic E-state index is 0.693. The van der Waals surface area contributed by atoms with Gasteiger partial charge in [-0.25, -0.2) is 4.52 Å². The summed E-state index contributed by atoms with van der Waals surface area (Å²) in [6.45, 7) is 2.03. The first kappa shape index (κ1) is 13.3. The smallest absolute Gasteiger partial charge is 0.243 e. The number of fused-ring (bicyclic) bond motifs is 1.